The number of aliphatic carboxylic acids is 1. The zero-order valence-electron chi connectivity index (χ0n) is 17.0. The van der Waals surface area contributed by atoms with Crippen molar-refractivity contribution >= 4 is 17.6 Å². The molecule has 31 heavy (non-hydrogen) atoms. The van der Waals surface area contributed by atoms with Crippen molar-refractivity contribution in [2.45, 2.75) is 37.6 Å². The van der Waals surface area contributed by atoms with E-state index in [-0.39, 0.29) is 11.9 Å². The lowest BCUT2D eigenvalue weighted by Crippen LogP contribution is -2.37. The summed E-state index contributed by atoms with van der Waals surface area (Å²) in [6.07, 6.45) is 0.232. The van der Waals surface area contributed by atoms with Crippen molar-refractivity contribution in [3.05, 3.63) is 42.2 Å². The Labute approximate surface area is 176 Å². The number of carboxylic acid groups (broad SMARTS) is 1. The maximum Gasteiger partial charge on any atom is 0.490 e. The van der Waals surface area contributed by atoms with E-state index in [1.807, 2.05) is 30.3 Å². The molecule has 2 fully saturated rings. The van der Waals surface area contributed by atoms with Gasteiger partial charge in [0.2, 0.25) is 5.91 Å². The number of likely N-dealkylation sites (tertiary alicyclic amines) is 1. The predicted molar refractivity (Wildman–Crippen MR) is 105 cm³/mol. The van der Waals surface area contributed by atoms with Crippen LogP contribution in [0.5, 0.6) is 5.75 Å². The van der Waals surface area contributed by atoms with Gasteiger partial charge in [-0.3, -0.25) is 14.4 Å². The number of carbonyl (C=O) groups excluding carboxylic acids is 1. The first-order valence-electron chi connectivity index (χ1n) is 9.58. The Balaban J connectivity index is 0.000000339. The van der Waals surface area contributed by atoms with Crippen molar-refractivity contribution in [3.8, 4) is 5.75 Å². The predicted octanol–water partition coefficient (Wildman–Crippen LogP) is 2.44. The van der Waals surface area contributed by atoms with E-state index in [0.717, 1.165) is 30.9 Å². The number of aryl methyl sites for hydroxylation is 1. The highest BCUT2D eigenvalue weighted by molar-refractivity contribution is 5.97. The molecule has 2 atom stereocenters. The van der Waals surface area contributed by atoms with Crippen molar-refractivity contribution in [1.82, 2.24) is 14.7 Å². The number of nitrogens with zero attached hydrogens (tertiary/aromatic N) is 4. The summed E-state index contributed by atoms with van der Waals surface area (Å²) in [5.74, 6) is -1.68. The van der Waals surface area contributed by atoms with Gasteiger partial charge in [0.25, 0.3) is 0 Å². The number of carboxylic acids is 1. The fourth-order valence-electron chi connectivity index (χ4n) is 3.96. The molecule has 1 aromatic carbocycles. The standard InChI is InChI=1S/C18H22N4O2.C2HF3O2/c1-20-12-14(10-19-20)22-16-7-8-21(17(16)9-18(22)23)11-13-3-5-15(24-2)6-4-13;3-2(4,5)1(6)7/h3-6,10,12,16-17H,7-9,11H2,1-2H3;(H,6,7)/t16-,17+;/m0./s1. The molecule has 0 bridgehead atoms. The lowest BCUT2D eigenvalue weighted by Gasteiger charge is -2.24. The van der Waals surface area contributed by atoms with Gasteiger partial charge in [0.15, 0.2) is 0 Å². The minimum absolute atomic E-state index is 0.206. The van der Waals surface area contributed by atoms with Crippen LogP contribution in [0.2, 0.25) is 0 Å². The third-order valence-electron chi connectivity index (χ3n) is 5.37. The number of rotatable bonds is 4. The van der Waals surface area contributed by atoms with Crippen LogP contribution in [-0.2, 0) is 23.2 Å². The van der Waals surface area contributed by atoms with Crippen LogP contribution < -0.4 is 9.64 Å². The smallest absolute Gasteiger partial charge is 0.490 e. The van der Waals surface area contributed by atoms with Gasteiger partial charge in [-0.15, -0.1) is 0 Å². The molecule has 0 saturated carbocycles. The van der Waals surface area contributed by atoms with E-state index < -0.39 is 12.1 Å². The molecule has 1 aromatic heterocycles. The zero-order chi connectivity index (χ0) is 22.8. The largest absolute Gasteiger partial charge is 0.497 e. The topological polar surface area (TPSA) is 87.9 Å². The van der Waals surface area contributed by atoms with Crippen LogP contribution in [0.15, 0.2) is 36.7 Å². The Morgan fingerprint density at radius 1 is 1.26 bits per heavy atom. The number of carbonyl (C=O) groups is 2. The Bertz CT molecular complexity index is 929. The summed E-state index contributed by atoms with van der Waals surface area (Å²) < 4.78 is 38.7. The van der Waals surface area contributed by atoms with Crippen molar-refractivity contribution in [3.63, 3.8) is 0 Å². The van der Waals surface area contributed by atoms with Crippen LogP contribution in [0, 0.1) is 0 Å². The monoisotopic (exact) mass is 440 g/mol. The van der Waals surface area contributed by atoms with Crippen LogP contribution in [-0.4, -0.2) is 63.6 Å². The second kappa shape index (κ2) is 8.96. The number of halogens is 3. The van der Waals surface area contributed by atoms with E-state index in [4.69, 9.17) is 14.6 Å². The average molecular weight is 440 g/mol. The molecule has 0 spiro atoms. The quantitative estimate of drug-likeness (QED) is 0.786. The first-order valence-corrected chi connectivity index (χ1v) is 9.58. The van der Waals surface area contributed by atoms with Crippen molar-refractivity contribution in [2.75, 3.05) is 18.6 Å². The molecule has 0 radical (unpaired) electrons. The van der Waals surface area contributed by atoms with Gasteiger partial charge in [0, 0.05) is 38.8 Å². The molecule has 1 amide bonds. The first-order chi connectivity index (χ1) is 14.6. The third kappa shape index (κ3) is 5.16. The number of amides is 1. The van der Waals surface area contributed by atoms with E-state index in [0.29, 0.717) is 12.5 Å². The van der Waals surface area contributed by atoms with Crippen LogP contribution in [0.4, 0.5) is 18.9 Å². The molecule has 8 nitrogen and oxygen atoms in total. The number of fused-ring (bicyclic) bond motifs is 1. The highest BCUT2D eigenvalue weighted by Gasteiger charge is 2.47. The van der Waals surface area contributed by atoms with Crippen LogP contribution >= 0.6 is 0 Å². The molecule has 2 aromatic rings. The molecular formula is C20H23F3N4O4. The number of aromatic nitrogens is 2. The Morgan fingerprint density at radius 2 is 1.90 bits per heavy atom. The van der Waals surface area contributed by atoms with Crippen LogP contribution in [0.1, 0.15) is 18.4 Å². The van der Waals surface area contributed by atoms with Gasteiger partial charge in [-0.05, 0) is 24.1 Å². The highest BCUT2D eigenvalue weighted by Crippen LogP contribution is 2.36. The summed E-state index contributed by atoms with van der Waals surface area (Å²) in [6.45, 7) is 1.89. The SMILES string of the molecule is COc1ccc(CN2CC[C@H]3[C@H]2CC(=O)N3c2cnn(C)c2)cc1.O=C(O)C(F)(F)F. The van der Waals surface area contributed by atoms with E-state index in [1.54, 1.807) is 18.0 Å². The Kier molecular flexibility index (Phi) is 6.54. The molecule has 168 valence electrons. The van der Waals surface area contributed by atoms with Gasteiger partial charge in [-0.2, -0.15) is 18.3 Å². The number of anilines is 1. The van der Waals surface area contributed by atoms with Gasteiger partial charge < -0.3 is 14.7 Å². The lowest BCUT2D eigenvalue weighted by molar-refractivity contribution is -0.192. The summed E-state index contributed by atoms with van der Waals surface area (Å²) in [7, 11) is 3.56. The summed E-state index contributed by atoms with van der Waals surface area (Å²) in [5, 5.41) is 11.3. The molecule has 0 unspecified atom stereocenters. The molecule has 2 saturated heterocycles. The fraction of sp³-hybridized carbons (Fsp3) is 0.450. The Hall–Kier alpha value is -3.08. The molecule has 1 N–H and O–H groups in total. The summed E-state index contributed by atoms with van der Waals surface area (Å²) in [6, 6.07) is 8.73. The molecular weight excluding hydrogens is 417 g/mol. The number of ether oxygens (including phenoxy) is 1. The molecule has 3 heterocycles. The van der Waals surface area contributed by atoms with Gasteiger partial charge >= 0.3 is 12.1 Å². The minimum Gasteiger partial charge on any atom is -0.497 e. The maximum atomic E-state index is 12.5. The first kappa shape index (κ1) is 22.6. The van der Waals surface area contributed by atoms with Crippen molar-refractivity contribution < 1.29 is 32.6 Å². The summed E-state index contributed by atoms with van der Waals surface area (Å²) >= 11 is 0. The van der Waals surface area contributed by atoms with Crippen LogP contribution in [0.25, 0.3) is 0 Å². The average Bonchev–Trinajstić information content (AvgIpc) is 3.38. The van der Waals surface area contributed by atoms with Gasteiger partial charge in [0.05, 0.1) is 25.0 Å². The zero-order valence-corrected chi connectivity index (χ0v) is 17.0. The van der Waals surface area contributed by atoms with Gasteiger partial charge in [-0.1, -0.05) is 12.1 Å². The van der Waals surface area contributed by atoms with E-state index in [1.165, 1.54) is 5.56 Å². The van der Waals surface area contributed by atoms with E-state index in [2.05, 4.69) is 22.1 Å². The third-order valence-corrected chi connectivity index (χ3v) is 5.37. The van der Waals surface area contributed by atoms with Crippen LogP contribution in [0.3, 0.4) is 0 Å². The van der Waals surface area contributed by atoms with E-state index >= 15 is 0 Å². The molecule has 4 rings (SSSR count). The normalized spacial score (nSPS) is 20.9. The number of hydrogen-bond donors (Lipinski definition) is 1. The Morgan fingerprint density at radius 3 is 2.42 bits per heavy atom. The molecule has 0 aliphatic carbocycles. The van der Waals surface area contributed by atoms with Crippen molar-refractivity contribution in [2.24, 2.45) is 7.05 Å². The van der Waals surface area contributed by atoms with Gasteiger partial charge in [-0.25, -0.2) is 4.79 Å². The summed E-state index contributed by atoms with van der Waals surface area (Å²) in [5.41, 5.74) is 2.17. The number of benzene rings is 1. The highest BCUT2D eigenvalue weighted by atomic mass is 19.4. The number of alkyl halides is 3. The fourth-order valence-corrected chi connectivity index (χ4v) is 3.96. The van der Waals surface area contributed by atoms with Crippen molar-refractivity contribution in [1.29, 1.82) is 0 Å². The van der Waals surface area contributed by atoms with E-state index in [9.17, 15) is 18.0 Å². The lowest BCUT2D eigenvalue weighted by atomic mass is 10.1. The second-order valence-corrected chi connectivity index (χ2v) is 7.38. The molecule has 2 aliphatic rings. The summed E-state index contributed by atoms with van der Waals surface area (Å²) in [4.78, 5) is 25.8. The number of hydrogen-bond acceptors (Lipinski definition) is 5. The molecule has 2 aliphatic heterocycles. The molecule has 11 heteroatoms. The number of methoxy groups -OCH3 is 1. The minimum atomic E-state index is -5.08. The van der Waals surface area contributed by atoms with Gasteiger partial charge in [0.1, 0.15) is 5.75 Å². The second-order valence-electron chi connectivity index (χ2n) is 7.38. The maximum absolute atomic E-state index is 12.5.